The Balaban J connectivity index is 2.32. The molecule has 0 fully saturated rings. The molecule has 0 radical (unpaired) electrons. The predicted octanol–water partition coefficient (Wildman–Crippen LogP) is 2.09. The van der Waals surface area contributed by atoms with Gasteiger partial charge in [0.05, 0.1) is 24.8 Å². The van der Waals surface area contributed by atoms with E-state index < -0.39 is 10.0 Å². The van der Waals surface area contributed by atoms with Crippen molar-refractivity contribution in [1.82, 2.24) is 0 Å². The van der Waals surface area contributed by atoms with Gasteiger partial charge in [0.15, 0.2) is 0 Å². The van der Waals surface area contributed by atoms with E-state index in [0.29, 0.717) is 22.9 Å². The van der Waals surface area contributed by atoms with E-state index >= 15 is 0 Å². The molecule has 0 bridgehead atoms. The SMILES string of the molecule is COc1ccc(S(=O)(=O)Nc2ccc(N)cc2OC)cc1. The summed E-state index contributed by atoms with van der Waals surface area (Å²) in [6.07, 6.45) is 0. The lowest BCUT2D eigenvalue weighted by molar-refractivity contribution is 0.414. The van der Waals surface area contributed by atoms with Gasteiger partial charge in [0.2, 0.25) is 0 Å². The van der Waals surface area contributed by atoms with Crippen LogP contribution in [0.15, 0.2) is 47.4 Å². The van der Waals surface area contributed by atoms with Crippen LogP contribution < -0.4 is 19.9 Å². The Labute approximate surface area is 123 Å². The summed E-state index contributed by atoms with van der Waals surface area (Å²) in [6.45, 7) is 0. The molecule has 0 aliphatic heterocycles. The Morgan fingerprint density at radius 1 is 1.00 bits per heavy atom. The normalized spacial score (nSPS) is 11.0. The largest absolute Gasteiger partial charge is 0.497 e. The van der Waals surface area contributed by atoms with Gasteiger partial charge in [-0.2, -0.15) is 0 Å². The average Bonchev–Trinajstić information content (AvgIpc) is 2.49. The lowest BCUT2D eigenvalue weighted by Gasteiger charge is -2.12. The molecule has 6 nitrogen and oxygen atoms in total. The van der Waals surface area contributed by atoms with Crippen molar-refractivity contribution in [3.63, 3.8) is 0 Å². The quantitative estimate of drug-likeness (QED) is 0.825. The topological polar surface area (TPSA) is 90.7 Å². The van der Waals surface area contributed by atoms with Crippen LogP contribution in [-0.2, 0) is 10.0 Å². The zero-order valence-corrected chi connectivity index (χ0v) is 12.5. The van der Waals surface area contributed by atoms with Gasteiger partial charge in [0.25, 0.3) is 10.0 Å². The lowest BCUT2D eigenvalue weighted by atomic mass is 10.2. The second-order valence-electron chi connectivity index (χ2n) is 4.24. The molecule has 0 unspecified atom stereocenters. The van der Waals surface area contributed by atoms with Crippen LogP contribution in [0.3, 0.4) is 0 Å². The fourth-order valence-corrected chi connectivity index (χ4v) is 2.82. The third-order valence-electron chi connectivity index (χ3n) is 2.84. The molecule has 0 aliphatic carbocycles. The molecule has 0 heterocycles. The van der Waals surface area contributed by atoms with E-state index in [0.717, 1.165) is 0 Å². The van der Waals surface area contributed by atoms with E-state index in [-0.39, 0.29) is 4.90 Å². The number of sulfonamides is 1. The van der Waals surface area contributed by atoms with Gasteiger partial charge in [-0.05, 0) is 36.4 Å². The number of nitrogens with two attached hydrogens (primary N) is 1. The molecule has 112 valence electrons. The van der Waals surface area contributed by atoms with Crippen LogP contribution in [0.25, 0.3) is 0 Å². The first-order chi connectivity index (χ1) is 9.96. The summed E-state index contributed by atoms with van der Waals surface area (Å²) in [4.78, 5) is 0.127. The van der Waals surface area contributed by atoms with Crippen LogP contribution >= 0.6 is 0 Å². The summed E-state index contributed by atoms with van der Waals surface area (Å²) in [7, 11) is -0.751. The van der Waals surface area contributed by atoms with Crippen LogP contribution in [0.2, 0.25) is 0 Å². The molecule has 0 aromatic heterocycles. The maximum atomic E-state index is 12.3. The van der Waals surface area contributed by atoms with Crippen LogP contribution in [0.5, 0.6) is 11.5 Å². The first-order valence-corrected chi connectivity index (χ1v) is 7.55. The molecule has 21 heavy (non-hydrogen) atoms. The summed E-state index contributed by atoms with van der Waals surface area (Å²) in [5.41, 5.74) is 6.45. The molecule has 2 aromatic carbocycles. The minimum atomic E-state index is -3.71. The Hall–Kier alpha value is -2.41. The predicted molar refractivity (Wildman–Crippen MR) is 81.2 cm³/mol. The standard InChI is InChI=1S/C14H16N2O4S/c1-19-11-4-6-12(7-5-11)21(17,18)16-13-8-3-10(15)9-14(13)20-2/h3-9,16H,15H2,1-2H3. The Morgan fingerprint density at radius 2 is 1.67 bits per heavy atom. The Bertz CT molecular complexity index is 727. The highest BCUT2D eigenvalue weighted by atomic mass is 32.2. The van der Waals surface area contributed by atoms with Crippen molar-refractivity contribution in [3.8, 4) is 11.5 Å². The van der Waals surface area contributed by atoms with Crippen LogP contribution in [-0.4, -0.2) is 22.6 Å². The smallest absolute Gasteiger partial charge is 0.262 e. The van der Waals surface area contributed by atoms with Crippen molar-refractivity contribution in [2.24, 2.45) is 0 Å². The highest BCUT2D eigenvalue weighted by Gasteiger charge is 2.16. The molecule has 0 saturated heterocycles. The minimum Gasteiger partial charge on any atom is -0.497 e. The number of nitrogen functional groups attached to an aromatic ring is 1. The van der Waals surface area contributed by atoms with Crippen molar-refractivity contribution in [2.75, 3.05) is 24.7 Å². The number of hydrogen-bond donors (Lipinski definition) is 2. The van der Waals surface area contributed by atoms with Crippen molar-refractivity contribution in [1.29, 1.82) is 0 Å². The zero-order chi connectivity index (χ0) is 15.5. The fraction of sp³-hybridized carbons (Fsp3) is 0.143. The number of methoxy groups -OCH3 is 2. The van der Waals surface area contributed by atoms with Gasteiger partial charge < -0.3 is 15.2 Å². The Morgan fingerprint density at radius 3 is 2.24 bits per heavy atom. The molecular weight excluding hydrogens is 292 g/mol. The van der Waals surface area contributed by atoms with Gasteiger partial charge in [0.1, 0.15) is 11.5 Å². The van der Waals surface area contributed by atoms with Crippen LogP contribution in [0, 0.1) is 0 Å². The first-order valence-electron chi connectivity index (χ1n) is 6.06. The fourth-order valence-electron chi connectivity index (χ4n) is 1.75. The third kappa shape index (κ3) is 3.38. The second kappa shape index (κ2) is 5.92. The van der Waals surface area contributed by atoms with E-state index in [1.165, 1.54) is 26.4 Å². The van der Waals surface area contributed by atoms with Gasteiger partial charge in [-0.25, -0.2) is 8.42 Å². The number of nitrogens with one attached hydrogen (secondary N) is 1. The molecule has 0 amide bonds. The van der Waals surface area contributed by atoms with E-state index in [9.17, 15) is 8.42 Å². The van der Waals surface area contributed by atoms with Gasteiger partial charge in [-0.15, -0.1) is 0 Å². The van der Waals surface area contributed by atoms with E-state index in [4.69, 9.17) is 15.2 Å². The lowest BCUT2D eigenvalue weighted by Crippen LogP contribution is -2.13. The average molecular weight is 308 g/mol. The van der Waals surface area contributed by atoms with E-state index in [2.05, 4.69) is 4.72 Å². The van der Waals surface area contributed by atoms with Gasteiger partial charge in [-0.3, -0.25) is 4.72 Å². The first kappa shape index (κ1) is 15.0. The highest BCUT2D eigenvalue weighted by Crippen LogP contribution is 2.29. The Kier molecular flexibility index (Phi) is 4.23. The number of hydrogen-bond acceptors (Lipinski definition) is 5. The number of benzene rings is 2. The molecule has 2 rings (SSSR count). The number of ether oxygens (including phenoxy) is 2. The van der Waals surface area contributed by atoms with E-state index in [1.54, 1.807) is 30.3 Å². The third-order valence-corrected chi connectivity index (χ3v) is 4.22. The molecule has 0 saturated carbocycles. The maximum Gasteiger partial charge on any atom is 0.262 e. The molecule has 2 aromatic rings. The highest BCUT2D eigenvalue weighted by molar-refractivity contribution is 7.92. The zero-order valence-electron chi connectivity index (χ0n) is 11.7. The van der Waals surface area contributed by atoms with Crippen molar-refractivity contribution in [3.05, 3.63) is 42.5 Å². The van der Waals surface area contributed by atoms with Gasteiger partial charge in [0, 0.05) is 11.8 Å². The summed E-state index contributed by atoms with van der Waals surface area (Å²) in [5, 5.41) is 0. The van der Waals surface area contributed by atoms with Gasteiger partial charge >= 0.3 is 0 Å². The minimum absolute atomic E-state index is 0.127. The number of rotatable bonds is 5. The van der Waals surface area contributed by atoms with Crippen LogP contribution in [0.4, 0.5) is 11.4 Å². The summed E-state index contributed by atoms with van der Waals surface area (Å²) in [6, 6.07) is 10.8. The maximum absolute atomic E-state index is 12.3. The molecule has 0 aliphatic rings. The molecule has 7 heteroatoms. The molecule has 3 N–H and O–H groups in total. The summed E-state index contributed by atoms with van der Waals surface area (Å²) < 4.78 is 37.2. The molecular formula is C14H16N2O4S. The van der Waals surface area contributed by atoms with Crippen LogP contribution in [0.1, 0.15) is 0 Å². The molecule has 0 atom stereocenters. The summed E-state index contributed by atoms with van der Waals surface area (Å²) in [5.74, 6) is 0.936. The number of anilines is 2. The van der Waals surface area contributed by atoms with E-state index in [1.807, 2.05) is 0 Å². The van der Waals surface area contributed by atoms with Crippen molar-refractivity contribution < 1.29 is 17.9 Å². The molecule has 0 spiro atoms. The summed E-state index contributed by atoms with van der Waals surface area (Å²) >= 11 is 0. The van der Waals surface area contributed by atoms with Gasteiger partial charge in [-0.1, -0.05) is 0 Å². The van der Waals surface area contributed by atoms with Crippen molar-refractivity contribution >= 4 is 21.4 Å². The monoisotopic (exact) mass is 308 g/mol. The van der Waals surface area contributed by atoms with Crippen molar-refractivity contribution in [2.45, 2.75) is 4.90 Å². The second-order valence-corrected chi connectivity index (χ2v) is 5.92.